The van der Waals surface area contributed by atoms with Crippen LogP contribution in [0.25, 0.3) is 0 Å². The molecule has 1 amide bonds. The van der Waals surface area contributed by atoms with Crippen LogP contribution in [-0.4, -0.2) is 37.2 Å². The molecule has 0 fully saturated rings. The molecule has 0 radical (unpaired) electrons. The van der Waals surface area contributed by atoms with Crippen molar-refractivity contribution in [2.45, 2.75) is 40.5 Å². The summed E-state index contributed by atoms with van der Waals surface area (Å²) in [6.45, 7) is 10.1. The van der Waals surface area contributed by atoms with Crippen LogP contribution in [-0.2, 0) is 9.47 Å². The number of aromatic nitrogens is 1. The van der Waals surface area contributed by atoms with Crippen LogP contribution in [0.5, 0.6) is 0 Å². The highest BCUT2D eigenvalue weighted by atomic mass is 16.6. The van der Waals surface area contributed by atoms with E-state index in [1.54, 1.807) is 21.0 Å². The van der Waals surface area contributed by atoms with Gasteiger partial charge in [-0.15, -0.1) is 0 Å². The van der Waals surface area contributed by atoms with Gasteiger partial charge in [-0.1, -0.05) is 32.0 Å². The van der Waals surface area contributed by atoms with Crippen molar-refractivity contribution in [3.05, 3.63) is 51.8 Å². The maximum atomic E-state index is 12.9. The van der Waals surface area contributed by atoms with Crippen LogP contribution in [0, 0.1) is 20.8 Å². The molecule has 6 heteroatoms. The number of esters is 1. The Balaban J connectivity index is 2.29. The van der Waals surface area contributed by atoms with E-state index in [9.17, 15) is 9.59 Å². The Kier molecular flexibility index (Phi) is 6.80. The van der Waals surface area contributed by atoms with Crippen molar-refractivity contribution in [3.8, 4) is 0 Å². The van der Waals surface area contributed by atoms with Crippen LogP contribution >= 0.6 is 0 Å². The van der Waals surface area contributed by atoms with Crippen LogP contribution in [0.15, 0.2) is 18.2 Å². The highest BCUT2D eigenvalue weighted by molar-refractivity contribution is 6.07. The number of aryl methyl sites for hydroxylation is 2. The molecule has 0 saturated carbocycles. The number of anilines is 1. The number of amides is 1. The smallest absolute Gasteiger partial charge is 0.340 e. The van der Waals surface area contributed by atoms with E-state index in [0.717, 1.165) is 16.8 Å². The quantitative estimate of drug-likeness (QED) is 0.566. The molecule has 0 saturated heterocycles. The molecule has 0 aliphatic rings. The Morgan fingerprint density at radius 2 is 1.85 bits per heavy atom. The van der Waals surface area contributed by atoms with Gasteiger partial charge in [-0.25, -0.2) is 4.79 Å². The van der Waals surface area contributed by atoms with E-state index in [2.05, 4.69) is 24.1 Å². The number of ether oxygens (including phenoxy) is 2. The molecule has 2 aromatic rings. The summed E-state index contributed by atoms with van der Waals surface area (Å²) in [7, 11) is 1.54. The highest BCUT2D eigenvalue weighted by Gasteiger charge is 2.24. The van der Waals surface area contributed by atoms with Gasteiger partial charge >= 0.3 is 5.97 Å². The number of benzene rings is 1. The lowest BCUT2D eigenvalue weighted by Crippen LogP contribution is -2.17. The van der Waals surface area contributed by atoms with Gasteiger partial charge in [0.25, 0.3) is 5.91 Å². The van der Waals surface area contributed by atoms with E-state index >= 15 is 0 Å². The minimum Gasteiger partial charge on any atom is -0.460 e. The van der Waals surface area contributed by atoms with E-state index in [0.29, 0.717) is 29.1 Å². The molecule has 0 bridgehead atoms. The first-order valence-corrected chi connectivity index (χ1v) is 9.04. The van der Waals surface area contributed by atoms with E-state index in [-0.39, 0.29) is 18.4 Å². The molecule has 6 nitrogen and oxygen atoms in total. The van der Waals surface area contributed by atoms with Gasteiger partial charge in [-0.3, -0.25) is 4.79 Å². The van der Waals surface area contributed by atoms with Crippen molar-refractivity contribution >= 4 is 17.6 Å². The van der Waals surface area contributed by atoms with Crippen molar-refractivity contribution in [1.29, 1.82) is 0 Å². The van der Waals surface area contributed by atoms with Crippen molar-refractivity contribution in [2.75, 3.05) is 25.6 Å². The van der Waals surface area contributed by atoms with Crippen molar-refractivity contribution in [2.24, 2.45) is 0 Å². The normalized spacial score (nSPS) is 10.9. The standard InChI is InChI=1S/C21H28N2O4/c1-12(2)16-9-7-8-13(3)18(16)23-20(24)19-14(4)17(15(5)22-19)21(25)27-11-10-26-6/h7-9,12,22H,10-11H2,1-6H3,(H,23,24). The molecule has 0 atom stereocenters. The number of methoxy groups -OCH3 is 1. The number of rotatable bonds is 7. The SMILES string of the molecule is COCCOC(=O)c1c(C)[nH]c(C(=O)Nc2c(C)cccc2C(C)C)c1C. The molecule has 0 unspecified atom stereocenters. The van der Waals surface area contributed by atoms with Crippen LogP contribution in [0.3, 0.4) is 0 Å². The number of hydrogen-bond acceptors (Lipinski definition) is 4. The van der Waals surface area contributed by atoms with E-state index in [1.807, 2.05) is 25.1 Å². The Labute approximate surface area is 160 Å². The number of aromatic amines is 1. The molecule has 1 aromatic heterocycles. The minimum atomic E-state index is -0.462. The van der Waals surface area contributed by atoms with Gasteiger partial charge in [0.15, 0.2) is 0 Å². The number of H-pyrrole nitrogens is 1. The predicted octanol–water partition coefficient (Wildman–Crippen LogP) is 4.12. The average Bonchev–Trinajstić information content (AvgIpc) is 2.91. The third kappa shape index (κ3) is 4.57. The Morgan fingerprint density at radius 1 is 1.15 bits per heavy atom. The second-order valence-corrected chi connectivity index (χ2v) is 6.90. The number of para-hydroxylation sites is 1. The third-order valence-electron chi connectivity index (χ3n) is 4.55. The van der Waals surface area contributed by atoms with Crippen molar-refractivity contribution < 1.29 is 19.1 Å². The van der Waals surface area contributed by atoms with E-state index in [1.165, 1.54) is 0 Å². The topological polar surface area (TPSA) is 80.4 Å². The zero-order valence-corrected chi connectivity index (χ0v) is 16.9. The fourth-order valence-electron chi connectivity index (χ4n) is 3.09. The summed E-state index contributed by atoms with van der Waals surface area (Å²) in [5.41, 5.74) is 4.82. The first-order valence-electron chi connectivity index (χ1n) is 9.04. The Bertz CT molecular complexity index is 837. The van der Waals surface area contributed by atoms with Crippen LogP contribution in [0.4, 0.5) is 5.69 Å². The third-order valence-corrected chi connectivity index (χ3v) is 4.55. The maximum absolute atomic E-state index is 12.9. The van der Waals surface area contributed by atoms with Gasteiger partial charge in [0, 0.05) is 18.5 Å². The van der Waals surface area contributed by atoms with Crippen LogP contribution in [0.1, 0.15) is 63.0 Å². The van der Waals surface area contributed by atoms with Gasteiger partial charge in [0.1, 0.15) is 12.3 Å². The monoisotopic (exact) mass is 372 g/mol. The molecule has 2 N–H and O–H groups in total. The molecule has 146 valence electrons. The molecular formula is C21H28N2O4. The summed E-state index contributed by atoms with van der Waals surface area (Å²) >= 11 is 0. The van der Waals surface area contributed by atoms with E-state index < -0.39 is 5.97 Å². The van der Waals surface area contributed by atoms with Gasteiger partial charge in [-0.05, 0) is 43.4 Å². The second kappa shape index (κ2) is 8.86. The summed E-state index contributed by atoms with van der Waals surface area (Å²) in [5.74, 6) is -0.461. The summed E-state index contributed by atoms with van der Waals surface area (Å²) in [5, 5.41) is 3.01. The first-order chi connectivity index (χ1) is 12.8. The van der Waals surface area contributed by atoms with E-state index in [4.69, 9.17) is 9.47 Å². The number of carbonyl (C=O) groups excluding carboxylic acids is 2. The summed E-state index contributed by atoms with van der Waals surface area (Å²) < 4.78 is 10.1. The predicted molar refractivity (Wildman–Crippen MR) is 106 cm³/mol. The number of hydrogen-bond donors (Lipinski definition) is 2. The summed E-state index contributed by atoms with van der Waals surface area (Å²) in [6.07, 6.45) is 0. The largest absolute Gasteiger partial charge is 0.460 e. The fraction of sp³-hybridized carbons (Fsp3) is 0.429. The van der Waals surface area contributed by atoms with Gasteiger partial charge in [-0.2, -0.15) is 0 Å². The Morgan fingerprint density at radius 3 is 2.48 bits per heavy atom. The van der Waals surface area contributed by atoms with Crippen molar-refractivity contribution in [3.63, 3.8) is 0 Å². The second-order valence-electron chi connectivity index (χ2n) is 6.90. The molecule has 0 aliphatic carbocycles. The van der Waals surface area contributed by atoms with Crippen LogP contribution in [0.2, 0.25) is 0 Å². The molecule has 0 spiro atoms. The zero-order chi connectivity index (χ0) is 20.1. The number of carbonyl (C=O) groups is 2. The lowest BCUT2D eigenvalue weighted by molar-refractivity contribution is 0.0387. The first kappa shape index (κ1) is 20.7. The van der Waals surface area contributed by atoms with Gasteiger partial charge in [0.05, 0.1) is 12.2 Å². The summed E-state index contributed by atoms with van der Waals surface area (Å²) in [4.78, 5) is 28.2. The minimum absolute atomic E-state index is 0.169. The van der Waals surface area contributed by atoms with Crippen molar-refractivity contribution in [1.82, 2.24) is 4.98 Å². The molecule has 1 aromatic carbocycles. The molecule has 1 heterocycles. The molecule has 2 rings (SSSR count). The Hall–Kier alpha value is -2.60. The molecular weight excluding hydrogens is 344 g/mol. The lowest BCUT2D eigenvalue weighted by atomic mass is 9.98. The maximum Gasteiger partial charge on any atom is 0.340 e. The molecule has 27 heavy (non-hydrogen) atoms. The highest BCUT2D eigenvalue weighted by Crippen LogP contribution is 2.28. The molecule has 0 aliphatic heterocycles. The number of nitrogens with one attached hydrogen (secondary N) is 2. The lowest BCUT2D eigenvalue weighted by Gasteiger charge is -2.16. The van der Waals surface area contributed by atoms with Gasteiger partial charge in [0.2, 0.25) is 0 Å². The fourth-order valence-corrected chi connectivity index (χ4v) is 3.09. The van der Waals surface area contributed by atoms with Gasteiger partial charge < -0.3 is 19.8 Å². The summed E-state index contributed by atoms with van der Waals surface area (Å²) in [6, 6.07) is 5.96. The average molecular weight is 372 g/mol. The zero-order valence-electron chi connectivity index (χ0n) is 16.9. The van der Waals surface area contributed by atoms with Crippen LogP contribution < -0.4 is 5.32 Å².